The van der Waals surface area contributed by atoms with E-state index < -0.39 is 5.60 Å². The van der Waals surface area contributed by atoms with Crippen molar-refractivity contribution in [2.75, 3.05) is 0 Å². The summed E-state index contributed by atoms with van der Waals surface area (Å²) in [5.74, 6) is 1.13. The van der Waals surface area contributed by atoms with Crippen molar-refractivity contribution in [2.45, 2.75) is 50.5 Å². The van der Waals surface area contributed by atoms with Gasteiger partial charge in [-0.15, -0.1) is 0 Å². The molecule has 2 bridgehead atoms. The van der Waals surface area contributed by atoms with Crippen molar-refractivity contribution in [3.05, 3.63) is 0 Å². The maximum Gasteiger partial charge on any atom is 0.141 e. The van der Waals surface area contributed by atoms with Crippen LogP contribution in [0.25, 0.3) is 0 Å². The molecular formula is C12H18O2. The number of aliphatic hydroxyl groups is 1. The van der Waals surface area contributed by atoms with Gasteiger partial charge in [0.25, 0.3) is 0 Å². The molecule has 3 fully saturated rings. The number of hydrogen-bond acceptors (Lipinski definition) is 2. The van der Waals surface area contributed by atoms with Gasteiger partial charge in [0, 0.05) is 11.8 Å². The van der Waals surface area contributed by atoms with Gasteiger partial charge >= 0.3 is 0 Å². The second kappa shape index (κ2) is 2.82. The third kappa shape index (κ3) is 0.979. The van der Waals surface area contributed by atoms with Gasteiger partial charge in [0.05, 0.1) is 5.60 Å². The summed E-state index contributed by atoms with van der Waals surface area (Å²) in [4.78, 5) is 11.9. The van der Waals surface area contributed by atoms with Crippen molar-refractivity contribution in [3.63, 3.8) is 0 Å². The summed E-state index contributed by atoms with van der Waals surface area (Å²) >= 11 is 0. The molecule has 3 rings (SSSR count). The van der Waals surface area contributed by atoms with Crippen LogP contribution in [0.15, 0.2) is 0 Å². The van der Waals surface area contributed by atoms with Gasteiger partial charge in [0.2, 0.25) is 0 Å². The molecule has 0 spiro atoms. The van der Waals surface area contributed by atoms with Crippen LogP contribution < -0.4 is 0 Å². The Bertz CT molecular complexity index is 273. The summed E-state index contributed by atoms with van der Waals surface area (Å²) in [7, 11) is 0. The van der Waals surface area contributed by atoms with E-state index in [1.165, 1.54) is 6.42 Å². The first-order valence-corrected chi connectivity index (χ1v) is 5.98. The average molecular weight is 194 g/mol. The highest BCUT2D eigenvalue weighted by molar-refractivity contribution is 5.87. The lowest BCUT2D eigenvalue weighted by Crippen LogP contribution is -2.53. The van der Waals surface area contributed by atoms with Crippen molar-refractivity contribution >= 4 is 5.78 Å². The lowest BCUT2D eigenvalue weighted by Gasteiger charge is -2.46. The number of fused-ring (bicyclic) bond motifs is 4. The fourth-order valence-electron chi connectivity index (χ4n) is 4.04. The fourth-order valence-corrected chi connectivity index (χ4v) is 4.04. The highest BCUT2D eigenvalue weighted by Gasteiger charge is 2.56. The molecule has 0 saturated heterocycles. The minimum Gasteiger partial charge on any atom is -0.389 e. The molecule has 1 N–H and O–H groups in total. The Labute approximate surface area is 84.7 Å². The van der Waals surface area contributed by atoms with Crippen LogP contribution in [0.2, 0.25) is 0 Å². The summed E-state index contributed by atoms with van der Waals surface area (Å²) in [5.41, 5.74) is -0.595. The molecule has 78 valence electrons. The maximum atomic E-state index is 11.9. The first-order valence-electron chi connectivity index (χ1n) is 5.98. The van der Waals surface area contributed by atoms with Gasteiger partial charge < -0.3 is 5.11 Å². The number of ketones is 1. The van der Waals surface area contributed by atoms with Crippen molar-refractivity contribution in [2.24, 2.45) is 17.8 Å². The minimum atomic E-state index is -0.595. The Morgan fingerprint density at radius 2 is 2.07 bits per heavy atom. The lowest BCUT2D eigenvalue weighted by atomic mass is 9.62. The maximum absolute atomic E-state index is 11.9. The number of hydrogen-bond donors (Lipinski definition) is 1. The van der Waals surface area contributed by atoms with E-state index in [9.17, 15) is 9.90 Å². The Morgan fingerprint density at radius 1 is 1.21 bits per heavy atom. The quantitative estimate of drug-likeness (QED) is 0.639. The molecule has 4 atom stereocenters. The highest BCUT2D eigenvalue weighted by Crippen LogP contribution is 2.53. The molecule has 0 aromatic heterocycles. The van der Waals surface area contributed by atoms with E-state index in [2.05, 4.69) is 0 Å². The van der Waals surface area contributed by atoms with Crippen molar-refractivity contribution in [3.8, 4) is 0 Å². The van der Waals surface area contributed by atoms with Gasteiger partial charge in [-0.2, -0.15) is 0 Å². The van der Waals surface area contributed by atoms with Gasteiger partial charge in [-0.3, -0.25) is 4.79 Å². The van der Waals surface area contributed by atoms with Crippen LogP contribution in [0.4, 0.5) is 0 Å². The van der Waals surface area contributed by atoms with Crippen LogP contribution in [0.3, 0.4) is 0 Å². The standard InChI is InChI=1S/C12H18O2/c13-11-8-4-5-10(11)12(14)6-2-1-3-9(12)7-8/h8-10,14H,1-7H2. The second-order valence-electron chi connectivity index (χ2n) is 5.40. The number of Topliss-reactive ketones (excluding diaryl/α,β-unsaturated/α-hetero) is 1. The largest absolute Gasteiger partial charge is 0.389 e. The Kier molecular flexibility index (Phi) is 1.79. The first kappa shape index (κ1) is 8.90. The minimum absolute atomic E-state index is 0.00606. The normalized spacial score (nSPS) is 51.8. The van der Waals surface area contributed by atoms with E-state index in [-0.39, 0.29) is 5.92 Å². The topological polar surface area (TPSA) is 37.3 Å². The summed E-state index contributed by atoms with van der Waals surface area (Å²) in [5, 5.41) is 10.6. The van der Waals surface area contributed by atoms with Gasteiger partial charge in [-0.25, -0.2) is 0 Å². The van der Waals surface area contributed by atoms with Crippen LogP contribution in [0, 0.1) is 17.8 Å². The van der Waals surface area contributed by atoms with E-state index in [1.54, 1.807) is 0 Å². The van der Waals surface area contributed by atoms with E-state index in [4.69, 9.17) is 0 Å². The zero-order valence-electron chi connectivity index (χ0n) is 8.54. The molecule has 0 radical (unpaired) electrons. The molecule has 0 heterocycles. The van der Waals surface area contributed by atoms with Crippen LogP contribution in [-0.4, -0.2) is 16.5 Å². The monoisotopic (exact) mass is 194 g/mol. The molecule has 0 aromatic carbocycles. The summed E-state index contributed by atoms with van der Waals surface area (Å²) in [6.45, 7) is 0. The third-order valence-corrected chi connectivity index (χ3v) is 4.81. The Morgan fingerprint density at radius 3 is 2.93 bits per heavy atom. The molecule has 14 heavy (non-hydrogen) atoms. The Balaban J connectivity index is 1.96. The van der Waals surface area contributed by atoms with Crippen LogP contribution in [0.1, 0.15) is 44.9 Å². The summed E-state index contributed by atoms with van der Waals surface area (Å²) in [6, 6.07) is 0. The molecule has 4 unspecified atom stereocenters. The Hall–Kier alpha value is -0.370. The molecule has 2 nitrogen and oxygen atoms in total. The van der Waals surface area contributed by atoms with Crippen molar-refractivity contribution in [1.82, 2.24) is 0 Å². The zero-order chi connectivity index (χ0) is 9.76. The van der Waals surface area contributed by atoms with Crippen molar-refractivity contribution < 1.29 is 9.90 Å². The number of rotatable bonds is 0. The smallest absolute Gasteiger partial charge is 0.141 e. The van der Waals surface area contributed by atoms with E-state index in [0.717, 1.165) is 38.5 Å². The molecular weight excluding hydrogens is 176 g/mol. The predicted octanol–water partition coefficient (Wildman–Crippen LogP) is 1.91. The third-order valence-electron chi connectivity index (χ3n) is 4.81. The SMILES string of the molecule is O=C1C2CCC1C1(O)CCCCC1C2. The number of carbonyl (C=O) groups is 1. The molecule has 0 aliphatic heterocycles. The number of carbonyl (C=O) groups excluding carboxylic acids is 1. The zero-order valence-corrected chi connectivity index (χ0v) is 8.54. The van der Waals surface area contributed by atoms with E-state index in [0.29, 0.717) is 17.6 Å². The lowest BCUT2D eigenvalue weighted by molar-refractivity contribution is -0.152. The molecule has 3 saturated carbocycles. The van der Waals surface area contributed by atoms with E-state index >= 15 is 0 Å². The average Bonchev–Trinajstić information content (AvgIpc) is 2.46. The first-order chi connectivity index (χ1) is 6.72. The second-order valence-corrected chi connectivity index (χ2v) is 5.40. The van der Waals surface area contributed by atoms with E-state index in [1.807, 2.05) is 0 Å². The van der Waals surface area contributed by atoms with Gasteiger partial charge in [-0.1, -0.05) is 12.8 Å². The summed E-state index contributed by atoms with van der Waals surface area (Å²) in [6.07, 6.45) is 7.37. The van der Waals surface area contributed by atoms with Crippen molar-refractivity contribution in [1.29, 1.82) is 0 Å². The van der Waals surface area contributed by atoms with Crippen LogP contribution >= 0.6 is 0 Å². The molecule has 3 aliphatic rings. The fraction of sp³-hybridized carbons (Fsp3) is 0.917. The molecule has 0 aromatic rings. The van der Waals surface area contributed by atoms with Crippen LogP contribution in [-0.2, 0) is 4.79 Å². The van der Waals surface area contributed by atoms with Gasteiger partial charge in [0.15, 0.2) is 0 Å². The summed E-state index contributed by atoms with van der Waals surface area (Å²) < 4.78 is 0. The van der Waals surface area contributed by atoms with Crippen LogP contribution in [0.5, 0.6) is 0 Å². The highest BCUT2D eigenvalue weighted by atomic mass is 16.3. The molecule has 2 heteroatoms. The predicted molar refractivity (Wildman–Crippen MR) is 52.7 cm³/mol. The molecule has 3 aliphatic carbocycles. The molecule has 0 amide bonds. The van der Waals surface area contributed by atoms with Gasteiger partial charge in [0.1, 0.15) is 5.78 Å². The van der Waals surface area contributed by atoms with Gasteiger partial charge in [-0.05, 0) is 38.0 Å².